The van der Waals surface area contributed by atoms with Crippen molar-refractivity contribution in [1.29, 1.82) is 0 Å². The van der Waals surface area contributed by atoms with Crippen molar-refractivity contribution in [3.05, 3.63) is 0 Å². The lowest BCUT2D eigenvalue weighted by molar-refractivity contribution is -0.132. The molecule has 0 aromatic carbocycles. The second kappa shape index (κ2) is 38.5. The third kappa shape index (κ3) is 32.9. The summed E-state index contributed by atoms with van der Waals surface area (Å²) in [6.45, 7) is 4.06. The van der Waals surface area contributed by atoms with Gasteiger partial charge in [-0.3, -0.25) is 4.79 Å². The number of rotatable bonds is 40. The van der Waals surface area contributed by atoms with Gasteiger partial charge in [0.15, 0.2) is 0 Å². The smallest absolute Gasteiger partial charge is 0.249 e. The van der Waals surface area contributed by atoms with Crippen LogP contribution < -0.4 is 5.32 Å². The summed E-state index contributed by atoms with van der Waals surface area (Å²) in [6.07, 6.45) is 39.8. The van der Waals surface area contributed by atoms with Crippen LogP contribution in [-0.4, -0.2) is 57.3 Å². The maximum Gasteiger partial charge on any atom is 0.249 e. The molecule has 4 unspecified atom stereocenters. The van der Waals surface area contributed by atoms with E-state index in [0.29, 0.717) is 12.8 Å². The molecular weight excluding hydrogens is 610 g/mol. The third-order valence-corrected chi connectivity index (χ3v) is 10.6. The van der Waals surface area contributed by atoms with Crippen LogP contribution in [0, 0.1) is 0 Å². The van der Waals surface area contributed by atoms with Crippen molar-refractivity contribution in [1.82, 2.24) is 5.32 Å². The van der Waals surface area contributed by atoms with E-state index < -0.39 is 36.9 Å². The summed E-state index contributed by atoms with van der Waals surface area (Å²) >= 11 is 0. The lowest BCUT2D eigenvalue weighted by Gasteiger charge is -2.27. The van der Waals surface area contributed by atoms with E-state index in [1.807, 2.05) is 0 Å². The zero-order valence-electron chi connectivity index (χ0n) is 33.0. The minimum absolute atomic E-state index is 0.375. The molecule has 49 heavy (non-hydrogen) atoms. The Balaban J connectivity index is 3.70. The minimum Gasteiger partial charge on any atom is -0.394 e. The quantitative estimate of drug-likeness (QED) is 0.0409. The van der Waals surface area contributed by atoms with Crippen molar-refractivity contribution in [3.63, 3.8) is 0 Å². The molecule has 294 valence electrons. The molecule has 0 radical (unpaired) electrons. The Morgan fingerprint density at radius 2 is 0.694 bits per heavy atom. The molecule has 0 aliphatic carbocycles. The molecule has 0 aromatic heterocycles. The normalized spacial score (nSPS) is 14.2. The van der Waals surface area contributed by atoms with Gasteiger partial charge in [0, 0.05) is 0 Å². The summed E-state index contributed by atoms with van der Waals surface area (Å²) in [4.78, 5) is 12.5. The molecule has 0 aromatic rings. The summed E-state index contributed by atoms with van der Waals surface area (Å²) in [5, 5.41) is 43.7. The first-order valence-corrected chi connectivity index (χ1v) is 21.9. The fraction of sp³-hybridized carbons (Fsp3) is 0.977. The average Bonchev–Trinajstić information content (AvgIpc) is 3.11. The number of aliphatic hydroxyl groups excluding tert-OH is 4. The van der Waals surface area contributed by atoms with Gasteiger partial charge in [-0.2, -0.15) is 0 Å². The van der Waals surface area contributed by atoms with Crippen LogP contribution in [0.4, 0.5) is 0 Å². The SMILES string of the molecule is CCCCCCCCCCCCCCCCCCCCC(O)C(=O)NC(CO)C(O)C(O)CCCCCCCCCCCCCCCCC. The predicted molar refractivity (Wildman–Crippen MR) is 210 cm³/mol. The van der Waals surface area contributed by atoms with Crippen LogP contribution in [0.5, 0.6) is 0 Å². The molecule has 1 amide bonds. The zero-order valence-corrected chi connectivity index (χ0v) is 33.0. The van der Waals surface area contributed by atoms with Crippen LogP contribution in [0.25, 0.3) is 0 Å². The van der Waals surface area contributed by atoms with E-state index in [4.69, 9.17) is 0 Å². The predicted octanol–water partition coefficient (Wildman–Crippen LogP) is 11.2. The molecule has 0 aliphatic rings. The molecule has 0 bridgehead atoms. The highest BCUT2D eigenvalue weighted by Gasteiger charge is 2.28. The Labute approximate surface area is 305 Å². The standard InChI is InChI=1S/C43H87NO5/c1-3-5-7-9-11-13-15-17-19-20-21-23-25-27-29-31-33-35-37-41(47)43(49)44-39(38-45)42(48)40(46)36-34-32-30-28-26-24-22-18-16-14-12-10-8-6-4-2/h39-42,45-48H,3-38H2,1-2H3,(H,44,49). The van der Waals surface area contributed by atoms with Gasteiger partial charge in [-0.1, -0.05) is 226 Å². The Morgan fingerprint density at radius 3 is 0.980 bits per heavy atom. The second-order valence-corrected chi connectivity index (χ2v) is 15.4. The lowest BCUT2D eigenvalue weighted by atomic mass is 9.99. The van der Waals surface area contributed by atoms with Crippen LogP contribution in [0.15, 0.2) is 0 Å². The van der Waals surface area contributed by atoms with Crippen molar-refractivity contribution < 1.29 is 25.2 Å². The van der Waals surface area contributed by atoms with Gasteiger partial charge in [-0.05, 0) is 12.8 Å². The van der Waals surface area contributed by atoms with E-state index in [1.54, 1.807) is 0 Å². The zero-order chi connectivity index (χ0) is 36.0. The number of hydrogen-bond donors (Lipinski definition) is 5. The molecule has 6 heteroatoms. The summed E-state index contributed by atoms with van der Waals surface area (Å²) in [5.74, 6) is -0.579. The summed E-state index contributed by atoms with van der Waals surface area (Å²) < 4.78 is 0. The minimum atomic E-state index is -1.25. The van der Waals surface area contributed by atoms with E-state index >= 15 is 0 Å². The van der Waals surface area contributed by atoms with Gasteiger partial charge in [0.05, 0.1) is 18.8 Å². The Kier molecular flexibility index (Phi) is 38.0. The fourth-order valence-electron chi connectivity index (χ4n) is 7.05. The number of carbonyl (C=O) groups is 1. The Hall–Kier alpha value is -0.690. The first-order valence-electron chi connectivity index (χ1n) is 21.9. The molecule has 0 rings (SSSR count). The van der Waals surface area contributed by atoms with Crippen molar-refractivity contribution in [2.45, 2.75) is 263 Å². The molecule has 0 saturated heterocycles. The molecule has 0 saturated carbocycles. The molecule has 6 nitrogen and oxygen atoms in total. The molecule has 4 atom stereocenters. The summed E-state index contributed by atoms with van der Waals surface area (Å²) in [5.41, 5.74) is 0. The number of aliphatic hydroxyl groups is 4. The van der Waals surface area contributed by atoms with E-state index in [0.717, 1.165) is 38.5 Å². The number of unbranched alkanes of at least 4 members (excludes halogenated alkanes) is 31. The number of amides is 1. The summed E-state index contributed by atoms with van der Waals surface area (Å²) in [6, 6.07) is -0.978. The molecule has 0 spiro atoms. The van der Waals surface area contributed by atoms with Gasteiger partial charge in [0.2, 0.25) is 5.91 Å². The second-order valence-electron chi connectivity index (χ2n) is 15.4. The highest BCUT2D eigenvalue weighted by Crippen LogP contribution is 2.17. The molecule has 0 fully saturated rings. The average molecular weight is 698 g/mol. The Morgan fingerprint density at radius 1 is 0.429 bits per heavy atom. The monoisotopic (exact) mass is 698 g/mol. The van der Waals surface area contributed by atoms with Crippen molar-refractivity contribution in [2.24, 2.45) is 0 Å². The van der Waals surface area contributed by atoms with Crippen molar-refractivity contribution >= 4 is 5.91 Å². The fourth-order valence-corrected chi connectivity index (χ4v) is 7.05. The third-order valence-electron chi connectivity index (χ3n) is 10.6. The maximum atomic E-state index is 12.5. The molecule has 5 N–H and O–H groups in total. The number of hydrogen-bond acceptors (Lipinski definition) is 5. The van der Waals surface area contributed by atoms with E-state index in [-0.39, 0.29) is 0 Å². The topological polar surface area (TPSA) is 110 Å². The van der Waals surface area contributed by atoms with Crippen LogP contribution in [0.1, 0.15) is 239 Å². The Bertz CT molecular complexity index is 662. The maximum absolute atomic E-state index is 12.5. The highest BCUT2D eigenvalue weighted by molar-refractivity contribution is 5.80. The summed E-state index contributed by atoms with van der Waals surface area (Å²) in [7, 11) is 0. The van der Waals surface area contributed by atoms with E-state index in [1.165, 1.54) is 173 Å². The molecular formula is C43H87NO5. The van der Waals surface area contributed by atoms with Crippen LogP contribution in [0.2, 0.25) is 0 Å². The van der Waals surface area contributed by atoms with Gasteiger partial charge in [0.25, 0.3) is 0 Å². The first kappa shape index (κ1) is 48.3. The van der Waals surface area contributed by atoms with Crippen molar-refractivity contribution in [3.8, 4) is 0 Å². The largest absolute Gasteiger partial charge is 0.394 e. The van der Waals surface area contributed by atoms with Crippen LogP contribution in [0.3, 0.4) is 0 Å². The number of nitrogens with one attached hydrogen (secondary N) is 1. The van der Waals surface area contributed by atoms with Crippen LogP contribution >= 0.6 is 0 Å². The van der Waals surface area contributed by atoms with Gasteiger partial charge >= 0.3 is 0 Å². The van der Waals surface area contributed by atoms with Crippen LogP contribution in [-0.2, 0) is 4.79 Å². The molecule has 0 aliphatic heterocycles. The van der Waals surface area contributed by atoms with Gasteiger partial charge in [-0.25, -0.2) is 0 Å². The van der Waals surface area contributed by atoms with Crippen molar-refractivity contribution in [2.75, 3.05) is 6.61 Å². The van der Waals surface area contributed by atoms with Gasteiger partial charge in [0.1, 0.15) is 12.2 Å². The van der Waals surface area contributed by atoms with Gasteiger partial charge < -0.3 is 25.7 Å². The lowest BCUT2D eigenvalue weighted by Crippen LogP contribution is -2.53. The first-order chi connectivity index (χ1) is 24.0. The van der Waals surface area contributed by atoms with E-state index in [9.17, 15) is 25.2 Å². The molecule has 0 heterocycles. The highest BCUT2D eigenvalue weighted by atomic mass is 16.3. The number of carbonyl (C=O) groups excluding carboxylic acids is 1. The van der Waals surface area contributed by atoms with Gasteiger partial charge in [-0.15, -0.1) is 0 Å². The van der Waals surface area contributed by atoms with E-state index in [2.05, 4.69) is 19.2 Å².